The van der Waals surface area contributed by atoms with Crippen LogP contribution in [0.3, 0.4) is 0 Å². The van der Waals surface area contributed by atoms with Crippen LogP contribution in [0, 0.1) is 28.1 Å². The predicted molar refractivity (Wildman–Crippen MR) is 112 cm³/mol. The number of benzene rings is 1. The van der Waals surface area contributed by atoms with Crippen molar-refractivity contribution in [3.8, 4) is 0 Å². The van der Waals surface area contributed by atoms with Gasteiger partial charge in [-0.25, -0.2) is 0 Å². The highest BCUT2D eigenvalue weighted by atomic mass is 79.9. The third kappa shape index (κ3) is 2.40. The minimum atomic E-state index is -0.988. The number of nitrogens with two attached hydrogens (primary N) is 2. The molecule has 4 rings (SSSR count). The van der Waals surface area contributed by atoms with Gasteiger partial charge in [0.15, 0.2) is 0 Å². The molecule has 1 aromatic carbocycles. The topological polar surface area (TPSA) is 89.4 Å². The fourth-order valence-electron chi connectivity index (χ4n) is 6.36. The van der Waals surface area contributed by atoms with E-state index in [9.17, 15) is 9.59 Å². The molecule has 1 aromatic rings. The van der Waals surface area contributed by atoms with E-state index in [0.717, 1.165) is 22.9 Å². The summed E-state index contributed by atoms with van der Waals surface area (Å²) in [4.78, 5) is 28.4. The summed E-state index contributed by atoms with van der Waals surface area (Å²) in [6, 6.07) is 7.93. The van der Waals surface area contributed by atoms with E-state index in [-0.39, 0.29) is 23.2 Å². The first kappa shape index (κ1) is 19.6. The molecule has 2 amide bonds. The van der Waals surface area contributed by atoms with Gasteiger partial charge in [-0.15, -0.1) is 0 Å². The van der Waals surface area contributed by atoms with Crippen LogP contribution in [0.25, 0.3) is 0 Å². The molecule has 4 N–H and O–H groups in total. The van der Waals surface area contributed by atoms with Crippen molar-refractivity contribution in [3.63, 3.8) is 0 Å². The second kappa shape index (κ2) is 6.42. The van der Waals surface area contributed by atoms with Gasteiger partial charge in [0.1, 0.15) is 0 Å². The molecule has 6 heteroatoms. The zero-order chi connectivity index (χ0) is 20.3. The van der Waals surface area contributed by atoms with Gasteiger partial charge in [0.25, 0.3) is 0 Å². The molecular weight excluding hydrogens is 418 g/mol. The molecule has 0 saturated heterocycles. The lowest BCUT2D eigenvalue weighted by molar-refractivity contribution is -0.151. The van der Waals surface area contributed by atoms with E-state index < -0.39 is 16.7 Å². The van der Waals surface area contributed by atoms with Crippen LogP contribution in [0.4, 0.5) is 0 Å². The summed E-state index contributed by atoms with van der Waals surface area (Å²) in [5.74, 6) is -0.810. The third-order valence-electron chi connectivity index (χ3n) is 7.65. The number of primary amides is 2. The van der Waals surface area contributed by atoms with Gasteiger partial charge >= 0.3 is 0 Å². The average Bonchev–Trinajstić information content (AvgIpc) is 3.29. The predicted octanol–water partition coefficient (Wildman–Crippen LogP) is 2.48. The Kier molecular flexibility index (Phi) is 4.51. The van der Waals surface area contributed by atoms with E-state index in [1.165, 1.54) is 0 Å². The minimum absolute atomic E-state index is 0.00889. The summed E-state index contributed by atoms with van der Waals surface area (Å²) >= 11 is 3.47. The molecule has 28 heavy (non-hydrogen) atoms. The Hall–Kier alpha value is -1.66. The quantitative estimate of drug-likeness (QED) is 0.631. The zero-order valence-corrected chi connectivity index (χ0v) is 18.0. The smallest absolute Gasteiger partial charge is 0.225 e. The van der Waals surface area contributed by atoms with Gasteiger partial charge in [-0.1, -0.05) is 40.2 Å². The highest BCUT2D eigenvalue weighted by Crippen LogP contribution is 2.81. The second-order valence-electron chi connectivity index (χ2n) is 9.10. The van der Waals surface area contributed by atoms with Crippen molar-refractivity contribution < 1.29 is 9.59 Å². The number of halogens is 1. The van der Waals surface area contributed by atoms with Gasteiger partial charge in [-0.2, -0.15) is 0 Å². The number of hydrogen-bond donors (Lipinski definition) is 2. The number of amides is 2. The summed E-state index contributed by atoms with van der Waals surface area (Å²) in [6.07, 6.45) is 7.35. The van der Waals surface area contributed by atoms with Gasteiger partial charge in [-0.3, -0.25) is 9.59 Å². The number of hydrogen-bond acceptors (Lipinski definition) is 3. The lowest BCUT2D eigenvalue weighted by Crippen LogP contribution is -2.61. The van der Waals surface area contributed by atoms with E-state index in [1.807, 2.05) is 43.3 Å². The van der Waals surface area contributed by atoms with Crippen LogP contribution in [0.5, 0.6) is 0 Å². The number of carbonyl (C=O) groups excluding carboxylic acids is 2. The molecule has 0 radical (unpaired) electrons. The fourth-order valence-corrected chi connectivity index (χ4v) is 6.62. The zero-order valence-electron chi connectivity index (χ0n) is 16.5. The summed E-state index contributed by atoms with van der Waals surface area (Å²) in [7, 11) is 3.95. The van der Waals surface area contributed by atoms with Crippen molar-refractivity contribution in [2.75, 3.05) is 20.6 Å². The second-order valence-corrected chi connectivity index (χ2v) is 10.0. The maximum Gasteiger partial charge on any atom is 0.225 e. The monoisotopic (exact) mass is 445 g/mol. The molecule has 150 valence electrons. The van der Waals surface area contributed by atoms with Gasteiger partial charge in [0.2, 0.25) is 11.8 Å². The van der Waals surface area contributed by atoms with E-state index in [1.54, 1.807) is 0 Å². The highest BCUT2D eigenvalue weighted by molar-refractivity contribution is 9.10. The van der Waals surface area contributed by atoms with E-state index in [2.05, 4.69) is 28.1 Å². The van der Waals surface area contributed by atoms with Gasteiger partial charge in [0.05, 0.1) is 10.8 Å². The van der Waals surface area contributed by atoms with Crippen LogP contribution < -0.4 is 11.5 Å². The largest absolute Gasteiger partial charge is 0.369 e. The van der Waals surface area contributed by atoms with Crippen molar-refractivity contribution in [3.05, 3.63) is 46.5 Å². The summed E-state index contributed by atoms with van der Waals surface area (Å²) in [5.41, 5.74) is 11.3. The van der Waals surface area contributed by atoms with E-state index in [4.69, 9.17) is 11.5 Å². The molecule has 1 spiro atoms. The first-order valence-corrected chi connectivity index (χ1v) is 10.7. The number of nitrogens with zero attached hydrogens (tertiary/aromatic N) is 1. The van der Waals surface area contributed by atoms with Crippen LogP contribution >= 0.6 is 15.9 Å². The Morgan fingerprint density at radius 1 is 1.04 bits per heavy atom. The minimum Gasteiger partial charge on any atom is -0.369 e. The molecule has 4 atom stereocenters. The van der Waals surface area contributed by atoms with Crippen LogP contribution in [0.15, 0.2) is 40.9 Å². The molecule has 0 aromatic heterocycles. The van der Waals surface area contributed by atoms with Crippen molar-refractivity contribution >= 4 is 27.7 Å². The van der Waals surface area contributed by atoms with Crippen LogP contribution in [0.1, 0.15) is 24.8 Å². The molecule has 2 saturated carbocycles. The molecule has 0 heterocycles. The van der Waals surface area contributed by atoms with Gasteiger partial charge in [-0.05, 0) is 81.3 Å². The average molecular weight is 446 g/mol. The molecule has 3 aliphatic rings. The van der Waals surface area contributed by atoms with Crippen molar-refractivity contribution in [2.45, 2.75) is 25.7 Å². The Labute approximate surface area is 174 Å². The van der Waals surface area contributed by atoms with Crippen molar-refractivity contribution in [1.82, 2.24) is 4.90 Å². The Morgan fingerprint density at radius 3 is 2.04 bits per heavy atom. The molecule has 0 unspecified atom stereocenters. The highest BCUT2D eigenvalue weighted by Gasteiger charge is 2.81. The first-order valence-electron chi connectivity index (χ1n) is 9.88. The molecule has 3 aliphatic carbocycles. The maximum absolute atomic E-state index is 13.2. The van der Waals surface area contributed by atoms with Gasteiger partial charge < -0.3 is 16.4 Å². The molecule has 0 aliphatic heterocycles. The lowest BCUT2D eigenvalue weighted by Gasteiger charge is -2.48. The Morgan fingerprint density at radius 2 is 1.57 bits per heavy atom. The van der Waals surface area contributed by atoms with E-state index in [0.29, 0.717) is 19.4 Å². The Bertz CT molecular complexity index is 846. The third-order valence-corrected chi connectivity index (χ3v) is 8.18. The first-order chi connectivity index (χ1) is 13.2. The fraction of sp³-hybridized carbons (Fsp3) is 0.545. The molecule has 2 bridgehead atoms. The summed E-state index contributed by atoms with van der Waals surface area (Å²) < 4.78 is 0.977. The summed E-state index contributed by atoms with van der Waals surface area (Å²) in [6.45, 7) is 0.686. The number of allylic oxidation sites excluding steroid dienone is 2. The van der Waals surface area contributed by atoms with Gasteiger partial charge in [0, 0.05) is 4.47 Å². The number of rotatable bonds is 7. The summed E-state index contributed by atoms with van der Waals surface area (Å²) in [5, 5.41) is 0. The Balaban J connectivity index is 1.89. The standard InChI is InChI=1S/C22H28BrN3O2/c1-26(2)12-11-21(18(24)27)16-7-8-17(20(16)9-10-20)22(21,19(25)28)13-14-3-5-15(23)6-4-14/h3-8,16-17H,9-13H2,1-2H3,(H2,24,27)(H2,25,28)/t16-,17+,21+,22+/m1/s1. The molecule has 5 nitrogen and oxygen atoms in total. The lowest BCUT2D eigenvalue weighted by atomic mass is 9.53. The normalized spacial score (nSPS) is 34.3. The van der Waals surface area contributed by atoms with Crippen LogP contribution in [-0.4, -0.2) is 37.4 Å². The maximum atomic E-state index is 13.2. The van der Waals surface area contributed by atoms with Crippen molar-refractivity contribution in [2.24, 2.45) is 39.5 Å². The number of carbonyl (C=O) groups is 2. The van der Waals surface area contributed by atoms with Crippen LogP contribution in [0.2, 0.25) is 0 Å². The van der Waals surface area contributed by atoms with Crippen molar-refractivity contribution in [1.29, 1.82) is 0 Å². The SMILES string of the molecule is CN(C)CC[C@@]1(C(N)=O)[C@@H]2C=C[C@@H](C23CC3)[C@@]1(Cc1ccc(Br)cc1)C(N)=O. The molecule has 2 fully saturated rings. The molecular formula is C22H28BrN3O2. The van der Waals surface area contributed by atoms with Crippen LogP contribution in [-0.2, 0) is 16.0 Å². The van der Waals surface area contributed by atoms with E-state index >= 15 is 0 Å².